The summed E-state index contributed by atoms with van der Waals surface area (Å²) in [7, 11) is 0. The number of pyridine rings is 1. The van der Waals surface area contributed by atoms with Crippen molar-refractivity contribution in [2.75, 3.05) is 10.6 Å². The van der Waals surface area contributed by atoms with E-state index in [2.05, 4.69) is 26.8 Å². The Labute approximate surface area is 168 Å². The van der Waals surface area contributed by atoms with Crippen LogP contribution in [-0.4, -0.2) is 20.7 Å². The summed E-state index contributed by atoms with van der Waals surface area (Å²) in [5.74, 6) is 0.345. The van der Waals surface area contributed by atoms with E-state index in [0.29, 0.717) is 22.7 Å². The molecular formula is C22H20N6O. The average molecular weight is 384 g/mol. The molecule has 29 heavy (non-hydrogen) atoms. The van der Waals surface area contributed by atoms with E-state index in [0.717, 1.165) is 22.4 Å². The maximum absolute atomic E-state index is 13.3. The molecule has 2 N–H and O–H groups in total. The van der Waals surface area contributed by atoms with Crippen LogP contribution in [-0.2, 0) is 4.79 Å². The Hall–Kier alpha value is -3.92. The maximum atomic E-state index is 13.3. The van der Waals surface area contributed by atoms with E-state index in [1.165, 1.54) is 6.20 Å². The number of nitrogens with one attached hydrogen (secondary N) is 2. The first kappa shape index (κ1) is 18.4. The number of hydrogen-bond acceptors (Lipinski definition) is 5. The van der Waals surface area contributed by atoms with Gasteiger partial charge in [0.25, 0.3) is 5.91 Å². The van der Waals surface area contributed by atoms with Crippen molar-refractivity contribution in [3.8, 4) is 6.07 Å². The van der Waals surface area contributed by atoms with Crippen molar-refractivity contribution in [2.24, 2.45) is 0 Å². The SMILES string of the molecule is CC1=C(C(=O)Nc2ccc(C)cc2C)[C@@H](c2cccnc2)n2ncc(C#N)c2N1. The zero-order chi connectivity index (χ0) is 20.5. The zero-order valence-electron chi connectivity index (χ0n) is 16.4. The standard InChI is InChI=1S/C22H20N6O/c1-13-6-7-18(14(2)9-13)27-22(29)19-15(3)26-21-17(10-23)12-25-28(21)20(19)16-5-4-8-24-11-16/h4-9,11-12,20,26H,1-3H3,(H,27,29)/t20-/m1/s1. The highest BCUT2D eigenvalue weighted by atomic mass is 16.1. The van der Waals surface area contributed by atoms with Gasteiger partial charge in [0.05, 0.1) is 11.8 Å². The van der Waals surface area contributed by atoms with Crippen molar-refractivity contribution < 1.29 is 4.79 Å². The van der Waals surface area contributed by atoms with Crippen molar-refractivity contribution in [3.63, 3.8) is 0 Å². The molecule has 1 aliphatic rings. The number of benzene rings is 1. The Morgan fingerprint density at radius 1 is 1.24 bits per heavy atom. The summed E-state index contributed by atoms with van der Waals surface area (Å²) in [5.41, 5.74) is 5.32. The van der Waals surface area contributed by atoms with E-state index in [4.69, 9.17) is 0 Å². The molecule has 3 aromatic rings. The lowest BCUT2D eigenvalue weighted by molar-refractivity contribution is -0.113. The fourth-order valence-corrected chi connectivity index (χ4v) is 3.62. The predicted molar refractivity (Wildman–Crippen MR) is 110 cm³/mol. The number of rotatable bonds is 3. The Morgan fingerprint density at radius 2 is 2.07 bits per heavy atom. The summed E-state index contributed by atoms with van der Waals surface area (Å²) in [5, 5.41) is 20.0. The first-order valence-corrected chi connectivity index (χ1v) is 9.23. The van der Waals surface area contributed by atoms with E-state index in [1.54, 1.807) is 17.1 Å². The summed E-state index contributed by atoms with van der Waals surface area (Å²) in [6, 6.07) is 11.3. The van der Waals surface area contributed by atoms with Crippen molar-refractivity contribution >= 4 is 17.4 Å². The van der Waals surface area contributed by atoms with Gasteiger partial charge in [-0.3, -0.25) is 9.78 Å². The largest absolute Gasteiger partial charge is 0.343 e. The molecule has 0 fully saturated rings. The Bertz CT molecular complexity index is 1170. The predicted octanol–water partition coefficient (Wildman–Crippen LogP) is 3.69. The maximum Gasteiger partial charge on any atom is 0.255 e. The number of aryl methyl sites for hydroxylation is 2. The first-order chi connectivity index (χ1) is 14.0. The Balaban J connectivity index is 1.79. The fraction of sp³-hybridized carbons (Fsp3) is 0.182. The van der Waals surface area contributed by atoms with Crippen LogP contribution in [0.3, 0.4) is 0 Å². The number of carbonyl (C=O) groups excluding carboxylic acids is 1. The summed E-state index contributed by atoms with van der Waals surface area (Å²) in [6.45, 7) is 5.81. The smallest absolute Gasteiger partial charge is 0.255 e. The topological polar surface area (TPSA) is 95.6 Å². The highest BCUT2D eigenvalue weighted by Gasteiger charge is 2.34. The van der Waals surface area contributed by atoms with E-state index >= 15 is 0 Å². The van der Waals surface area contributed by atoms with Crippen LogP contribution in [0.25, 0.3) is 0 Å². The molecule has 0 radical (unpaired) electrons. The first-order valence-electron chi connectivity index (χ1n) is 9.23. The van der Waals surface area contributed by atoms with Crippen LogP contribution >= 0.6 is 0 Å². The molecule has 0 saturated heterocycles. The lowest BCUT2D eigenvalue weighted by Gasteiger charge is -2.29. The molecule has 1 aromatic carbocycles. The lowest BCUT2D eigenvalue weighted by atomic mass is 9.95. The highest BCUT2D eigenvalue weighted by Crippen LogP contribution is 2.37. The van der Waals surface area contributed by atoms with Gasteiger partial charge in [-0.05, 0) is 44.0 Å². The van der Waals surface area contributed by atoms with E-state index in [-0.39, 0.29) is 5.91 Å². The van der Waals surface area contributed by atoms with Gasteiger partial charge in [0.2, 0.25) is 0 Å². The van der Waals surface area contributed by atoms with Crippen LogP contribution in [0, 0.1) is 25.2 Å². The summed E-state index contributed by atoms with van der Waals surface area (Å²) >= 11 is 0. The average Bonchev–Trinajstić information content (AvgIpc) is 3.12. The number of allylic oxidation sites excluding steroid dienone is 1. The van der Waals surface area contributed by atoms with Crippen molar-refractivity contribution in [3.05, 3.63) is 82.4 Å². The number of nitrogens with zero attached hydrogens (tertiary/aromatic N) is 4. The third-order valence-corrected chi connectivity index (χ3v) is 5.02. The molecule has 7 nitrogen and oxygen atoms in total. The quantitative estimate of drug-likeness (QED) is 0.718. The van der Waals surface area contributed by atoms with Gasteiger partial charge in [0.15, 0.2) is 0 Å². The second-order valence-electron chi connectivity index (χ2n) is 7.09. The van der Waals surface area contributed by atoms with Gasteiger partial charge < -0.3 is 10.6 Å². The minimum Gasteiger partial charge on any atom is -0.343 e. The summed E-state index contributed by atoms with van der Waals surface area (Å²) in [4.78, 5) is 17.6. The van der Waals surface area contributed by atoms with E-state index in [9.17, 15) is 10.1 Å². The molecule has 2 aromatic heterocycles. The van der Waals surface area contributed by atoms with Crippen LogP contribution in [0.1, 0.15) is 35.2 Å². The second kappa shape index (κ2) is 7.24. The number of fused-ring (bicyclic) bond motifs is 1. The monoisotopic (exact) mass is 384 g/mol. The van der Waals surface area contributed by atoms with E-state index in [1.807, 2.05) is 51.1 Å². The number of nitriles is 1. The van der Waals surface area contributed by atoms with Gasteiger partial charge in [0, 0.05) is 23.8 Å². The molecule has 0 unspecified atom stereocenters. The fourth-order valence-electron chi connectivity index (χ4n) is 3.62. The Morgan fingerprint density at radius 3 is 2.76 bits per heavy atom. The molecule has 1 aliphatic heterocycles. The van der Waals surface area contributed by atoms with Gasteiger partial charge >= 0.3 is 0 Å². The lowest BCUT2D eigenvalue weighted by Crippen LogP contribution is -2.31. The number of amides is 1. The van der Waals surface area contributed by atoms with Crippen LogP contribution in [0.15, 0.2) is 60.2 Å². The molecule has 4 rings (SSSR count). The van der Waals surface area contributed by atoms with E-state index < -0.39 is 6.04 Å². The molecular weight excluding hydrogens is 364 g/mol. The molecule has 0 aliphatic carbocycles. The van der Waals surface area contributed by atoms with Gasteiger partial charge in [-0.1, -0.05) is 23.8 Å². The molecule has 144 valence electrons. The number of aromatic nitrogens is 3. The van der Waals surface area contributed by atoms with Gasteiger partial charge in [-0.15, -0.1) is 0 Å². The van der Waals surface area contributed by atoms with Crippen molar-refractivity contribution in [2.45, 2.75) is 26.8 Å². The number of anilines is 2. The summed E-state index contributed by atoms with van der Waals surface area (Å²) < 4.78 is 1.67. The molecule has 0 bridgehead atoms. The van der Waals surface area contributed by atoms with Gasteiger partial charge in [-0.25, -0.2) is 4.68 Å². The minimum atomic E-state index is -0.493. The van der Waals surface area contributed by atoms with Crippen molar-refractivity contribution in [1.82, 2.24) is 14.8 Å². The molecule has 0 saturated carbocycles. The van der Waals surface area contributed by atoms with Crippen LogP contribution in [0.2, 0.25) is 0 Å². The molecule has 3 heterocycles. The van der Waals surface area contributed by atoms with Crippen LogP contribution < -0.4 is 10.6 Å². The highest BCUT2D eigenvalue weighted by molar-refractivity contribution is 6.06. The van der Waals surface area contributed by atoms with Gasteiger partial charge in [-0.2, -0.15) is 10.4 Å². The third kappa shape index (κ3) is 3.25. The van der Waals surface area contributed by atoms with Crippen molar-refractivity contribution in [1.29, 1.82) is 5.26 Å². The molecule has 1 amide bonds. The molecule has 1 atom stereocenters. The van der Waals surface area contributed by atoms with Crippen LogP contribution in [0.5, 0.6) is 0 Å². The minimum absolute atomic E-state index is 0.226. The Kier molecular flexibility index (Phi) is 4.61. The normalized spacial score (nSPS) is 15.3. The second-order valence-corrected chi connectivity index (χ2v) is 7.09. The van der Waals surface area contributed by atoms with Crippen LogP contribution in [0.4, 0.5) is 11.5 Å². The number of hydrogen-bond donors (Lipinski definition) is 2. The third-order valence-electron chi connectivity index (χ3n) is 5.02. The number of carbonyl (C=O) groups is 1. The summed E-state index contributed by atoms with van der Waals surface area (Å²) in [6.07, 6.45) is 4.90. The molecule has 0 spiro atoms. The zero-order valence-corrected chi connectivity index (χ0v) is 16.4. The molecule has 7 heteroatoms. The van der Waals surface area contributed by atoms with Gasteiger partial charge in [0.1, 0.15) is 23.5 Å².